The van der Waals surface area contributed by atoms with Gasteiger partial charge in [0.1, 0.15) is 0 Å². The summed E-state index contributed by atoms with van der Waals surface area (Å²) in [7, 11) is 1.44. The molecule has 1 N–H and O–H groups in total. The number of carbonyl (C=O) groups excluding carboxylic acids is 1. The second kappa shape index (κ2) is 7.66. The van der Waals surface area contributed by atoms with Crippen LogP contribution in [0.5, 0.6) is 0 Å². The van der Waals surface area contributed by atoms with Crippen molar-refractivity contribution >= 4 is 5.97 Å². The molecule has 0 amide bonds. The molecule has 16 heavy (non-hydrogen) atoms. The van der Waals surface area contributed by atoms with Crippen molar-refractivity contribution in [2.75, 3.05) is 13.7 Å². The van der Waals surface area contributed by atoms with Crippen molar-refractivity contribution in [2.45, 2.75) is 57.9 Å². The number of hydrogen-bond donors (Lipinski definition) is 1. The lowest BCUT2D eigenvalue weighted by Crippen LogP contribution is -2.35. The van der Waals surface area contributed by atoms with Crippen molar-refractivity contribution < 1.29 is 9.53 Å². The van der Waals surface area contributed by atoms with Crippen LogP contribution in [0, 0.1) is 5.92 Å². The van der Waals surface area contributed by atoms with Crippen molar-refractivity contribution in [3.8, 4) is 0 Å². The highest BCUT2D eigenvalue weighted by Gasteiger charge is 2.19. The predicted molar refractivity (Wildman–Crippen MR) is 65.3 cm³/mol. The van der Waals surface area contributed by atoms with Crippen LogP contribution < -0.4 is 5.32 Å². The lowest BCUT2D eigenvalue weighted by atomic mass is 9.84. The molecule has 0 spiro atoms. The molecule has 1 aliphatic rings. The van der Waals surface area contributed by atoms with Gasteiger partial charge in [-0.3, -0.25) is 4.79 Å². The highest BCUT2D eigenvalue weighted by atomic mass is 16.5. The van der Waals surface area contributed by atoms with Gasteiger partial charge < -0.3 is 10.1 Å². The van der Waals surface area contributed by atoms with Gasteiger partial charge in [0, 0.05) is 12.5 Å². The lowest BCUT2D eigenvalue weighted by molar-refractivity contribution is -0.140. The van der Waals surface area contributed by atoms with E-state index in [0.717, 1.165) is 18.9 Å². The molecule has 1 atom stereocenters. The summed E-state index contributed by atoms with van der Waals surface area (Å²) in [6.45, 7) is 3.20. The van der Waals surface area contributed by atoms with Gasteiger partial charge in [0.15, 0.2) is 0 Å². The minimum Gasteiger partial charge on any atom is -0.469 e. The van der Waals surface area contributed by atoms with Crippen molar-refractivity contribution in [3.63, 3.8) is 0 Å². The lowest BCUT2D eigenvalue weighted by Gasteiger charge is -2.28. The van der Waals surface area contributed by atoms with E-state index in [1.54, 1.807) is 0 Å². The summed E-state index contributed by atoms with van der Waals surface area (Å²) in [5, 5.41) is 3.52. The summed E-state index contributed by atoms with van der Waals surface area (Å²) in [4.78, 5) is 10.9. The fourth-order valence-corrected chi connectivity index (χ4v) is 2.47. The normalized spacial score (nSPS) is 19.4. The fraction of sp³-hybridized carbons (Fsp3) is 0.923. The molecule has 0 bridgehead atoms. The Morgan fingerprint density at radius 3 is 2.69 bits per heavy atom. The van der Waals surface area contributed by atoms with Crippen LogP contribution in [0.25, 0.3) is 0 Å². The van der Waals surface area contributed by atoms with E-state index < -0.39 is 0 Å². The van der Waals surface area contributed by atoms with Gasteiger partial charge in [-0.25, -0.2) is 0 Å². The molecule has 1 saturated carbocycles. The number of hydrogen-bond acceptors (Lipinski definition) is 3. The van der Waals surface area contributed by atoms with Crippen molar-refractivity contribution in [3.05, 3.63) is 0 Å². The summed E-state index contributed by atoms with van der Waals surface area (Å²) in [6, 6.07) is 0.595. The van der Waals surface area contributed by atoms with Crippen LogP contribution in [0.1, 0.15) is 51.9 Å². The number of esters is 1. The Labute approximate surface area is 98.9 Å². The summed E-state index contributed by atoms with van der Waals surface area (Å²) >= 11 is 0. The number of nitrogens with one attached hydrogen (secondary N) is 1. The zero-order valence-electron chi connectivity index (χ0n) is 10.6. The second-order valence-electron chi connectivity index (χ2n) is 4.82. The average molecular weight is 227 g/mol. The molecule has 1 rings (SSSR count). The smallest absolute Gasteiger partial charge is 0.305 e. The molecule has 0 unspecified atom stereocenters. The van der Waals surface area contributed by atoms with E-state index in [9.17, 15) is 4.79 Å². The Hall–Kier alpha value is -0.570. The number of ether oxygens (including phenoxy) is 1. The van der Waals surface area contributed by atoms with Gasteiger partial charge in [-0.15, -0.1) is 0 Å². The van der Waals surface area contributed by atoms with E-state index in [1.807, 2.05) is 0 Å². The predicted octanol–water partition coefficient (Wildman–Crippen LogP) is 2.50. The molecule has 0 aromatic carbocycles. The molecule has 0 heterocycles. The van der Waals surface area contributed by atoms with Gasteiger partial charge in [0.05, 0.1) is 7.11 Å². The highest BCUT2D eigenvalue weighted by Crippen LogP contribution is 2.26. The Bertz CT molecular complexity index is 200. The van der Waals surface area contributed by atoms with E-state index >= 15 is 0 Å². The van der Waals surface area contributed by atoms with E-state index in [2.05, 4.69) is 17.0 Å². The molecular formula is C13H25NO2. The van der Waals surface area contributed by atoms with E-state index in [1.165, 1.54) is 39.2 Å². The standard InChI is InChI=1S/C13H25NO2/c1-11(12-7-4-3-5-8-12)14-10-6-9-13(15)16-2/h11-12,14H,3-10H2,1-2H3/t11-/m1/s1. The van der Waals surface area contributed by atoms with Crippen molar-refractivity contribution in [2.24, 2.45) is 5.92 Å². The van der Waals surface area contributed by atoms with Gasteiger partial charge in [-0.1, -0.05) is 19.3 Å². The van der Waals surface area contributed by atoms with Gasteiger partial charge >= 0.3 is 5.97 Å². The number of methoxy groups -OCH3 is 1. The first kappa shape index (κ1) is 13.5. The summed E-state index contributed by atoms with van der Waals surface area (Å²) in [6.07, 6.45) is 8.32. The monoisotopic (exact) mass is 227 g/mol. The average Bonchev–Trinajstić information content (AvgIpc) is 2.35. The maximum atomic E-state index is 10.9. The minimum absolute atomic E-state index is 0.105. The molecule has 0 aromatic heterocycles. The van der Waals surface area contributed by atoms with Crippen LogP contribution in [-0.2, 0) is 9.53 Å². The molecule has 94 valence electrons. The zero-order valence-corrected chi connectivity index (χ0v) is 10.6. The van der Waals surface area contributed by atoms with E-state index in [4.69, 9.17) is 0 Å². The topological polar surface area (TPSA) is 38.3 Å². The Morgan fingerprint density at radius 1 is 1.38 bits per heavy atom. The third-order valence-electron chi connectivity index (χ3n) is 3.61. The molecule has 0 aliphatic heterocycles. The summed E-state index contributed by atoms with van der Waals surface area (Å²) in [5.41, 5.74) is 0. The van der Waals surface area contributed by atoms with Gasteiger partial charge in [-0.2, -0.15) is 0 Å². The molecule has 1 aliphatic carbocycles. The minimum atomic E-state index is -0.105. The third kappa shape index (κ3) is 4.97. The van der Waals surface area contributed by atoms with Gasteiger partial charge in [-0.05, 0) is 38.6 Å². The molecule has 3 nitrogen and oxygen atoms in total. The molecule has 1 fully saturated rings. The fourth-order valence-electron chi connectivity index (χ4n) is 2.47. The van der Waals surface area contributed by atoms with E-state index in [-0.39, 0.29) is 5.97 Å². The Kier molecular flexibility index (Phi) is 6.46. The first-order valence-corrected chi connectivity index (χ1v) is 6.54. The highest BCUT2D eigenvalue weighted by molar-refractivity contribution is 5.69. The van der Waals surface area contributed by atoms with Crippen LogP contribution in [0.2, 0.25) is 0 Å². The SMILES string of the molecule is COC(=O)CCCN[C@H](C)C1CCCCC1. The first-order chi connectivity index (χ1) is 7.74. The quantitative estimate of drug-likeness (QED) is 0.559. The number of rotatable bonds is 6. The van der Waals surface area contributed by atoms with Crippen molar-refractivity contribution in [1.29, 1.82) is 0 Å². The molecule has 0 radical (unpaired) electrons. The van der Waals surface area contributed by atoms with Crippen LogP contribution in [-0.4, -0.2) is 25.7 Å². The second-order valence-corrected chi connectivity index (χ2v) is 4.82. The van der Waals surface area contributed by atoms with Crippen LogP contribution in [0.3, 0.4) is 0 Å². The van der Waals surface area contributed by atoms with Gasteiger partial charge in [0.2, 0.25) is 0 Å². The van der Waals surface area contributed by atoms with Gasteiger partial charge in [0.25, 0.3) is 0 Å². The maximum Gasteiger partial charge on any atom is 0.305 e. The number of carbonyl (C=O) groups is 1. The first-order valence-electron chi connectivity index (χ1n) is 6.54. The molecular weight excluding hydrogens is 202 g/mol. The van der Waals surface area contributed by atoms with Crippen LogP contribution in [0.15, 0.2) is 0 Å². The van der Waals surface area contributed by atoms with Crippen LogP contribution >= 0.6 is 0 Å². The molecule has 0 aromatic rings. The third-order valence-corrected chi connectivity index (χ3v) is 3.61. The molecule has 3 heteroatoms. The van der Waals surface area contributed by atoms with Crippen molar-refractivity contribution in [1.82, 2.24) is 5.32 Å². The molecule has 0 saturated heterocycles. The maximum absolute atomic E-state index is 10.9. The summed E-state index contributed by atoms with van der Waals surface area (Å²) in [5.74, 6) is 0.735. The zero-order chi connectivity index (χ0) is 11.8. The van der Waals surface area contributed by atoms with Crippen LogP contribution in [0.4, 0.5) is 0 Å². The largest absolute Gasteiger partial charge is 0.469 e. The Balaban J connectivity index is 2.05. The van der Waals surface area contributed by atoms with E-state index in [0.29, 0.717) is 12.5 Å². The Morgan fingerprint density at radius 2 is 2.06 bits per heavy atom. The summed E-state index contributed by atoms with van der Waals surface area (Å²) < 4.78 is 4.61.